The molecule has 0 bridgehead atoms. The zero-order valence-electron chi connectivity index (χ0n) is 24.5. The zero-order valence-corrected chi connectivity index (χ0v) is 26.1. The highest BCUT2D eigenvalue weighted by atomic mass is 32.2. The molecule has 0 fully saturated rings. The second-order valence-electron chi connectivity index (χ2n) is 11.2. The molecule has 0 saturated carbocycles. The van der Waals surface area contributed by atoms with Crippen molar-refractivity contribution in [2.75, 3.05) is 5.75 Å². The minimum absolute atomic E-state index is 0.00258. The Balaban J connectivity index is 1.31. The normalized spacial score (nSPS) is 12.7. The lowest BCUT2D eigenvalue weighted by atomic mass is 10.0. The number of rotatable bonds is 9. The molecule has 0 aliphatic heterocycles. The third kappa shape index (κ3) is 6.97. The van der Waals surface area contributed by atoms with E-state index in [1.54, 1.807) is 32.9 Å². The van der Waals surface area contributed by atoms with Crippen LogP contribution in [-0.2, 0) is 25.1 Å². The predicted molar refractivity (Wildman–Crippen MR) is 168 cm³/mol. The predicted octanol–water partition coefficient (Wildman–Crippen LogP) is 7.58. The summed E-state index contributed by atoms with van der Waals surface area (Å²) in [6.07, 6.45) is -0.896. The van der Waals surface area contributed by atoms with Gasteiger partial charge in [0.1, 0.15) is 34.4 Å². The Morgan fingerprint density at radius 1 is 0.911 bits per heavy atom. The van der Waals surface area contributed by atoms with Crippen LogP contribution in [0, 0.1) is 11.6 Å². The van der Waals surface area contributed by atoms with E-state index in [-0.39, 0.29) is 32.4 Å². The molecule has 0 aliphatic rings. The van der Waals surface area contributed by atoms with Crippen LogP contribution in [0.3, 0.4) is 0 Å². The SMILES string of the molecule is CC(C)(C)OC(=O)NC(CSCc1ccc(S(=O)(=O)c2ccc(-c3cccc4c3oc3ccccc34)c(F)c2)cc1F)C(=O)O. The number of furan rings is 1. The summed E-state index contributed by atoms with van der Waals surface area (Å²) in [5, 5.41) is 13.4. The second kappa shape index (κ2) is 12.5. The highest BCUT2D eigenvalue weighted by Crippen LogP contribution is 2.37. The van der Waals surface area contributed by atoms with Crippen LogP contribution in [0.4, 0.5) is 13.6 Å². The first kappa shape index (κ1) is 32.0. The third-order valence-electron chi connectivity index (χ3n) is 6.81. The van der Waals surface area contributed by atoms with Gasteiger partial charge in [0.25, 0.3) is 0 Å². The number of alkyl carbamates (subject to hydrolysis) is 1. The molecular formula is C33H29F2NO7S2. The van der Waals surface area contributed by atoms with Crippen molar-refractivity contribution in [3.8, 4) is 11.1 Å². The maximum absolute atomic E-state index is 15.5. The number of aliphatic carboxylic acids is 1. The van der Waals surface area contributed by atoms with E-state index in [1.165, 1.54) is 24.3 Å². The number of carboxylic acid groups (broad SMARTS) is 1. The van der Waals surface area contributed by atoms with E-state index in [4.69, 9.17) is 9.15 Å². The summed E-state index contributed by atoms with van der Waals surface area (Å²) in [6.45, 7) is 4.92. The standard InChI is InChI=1S/C33H29F2NO7S2/c1-33(2,3)43-32(39)36-28(31(37)38)18-44-17-19-11-12-20(15-26(19)34)45(40,41)21-13-14-22(27(35)16-21)24-8-6-9-25-23-7-4-5-10-29(23)42-30(24)25/h4-16,28H,17-18H2,1-3H3,(H,36,39)(H,37,38). The molecule has 1 atom stereocenters. The summed E-state index contributed by atoms with van der Waals surface area (Å²) in [4.78, 5) is 22.8. The van der Waals surface area contributed by atoms with Crippen molar-refractivity contribution in [2.45, 2.75) is 48.0 Å². The Bertz CT molecular complexity index is 2030. The molecule has 1 unspecified atom stereocenters. The van der Waals surface area contributed by atoms with Crippen molar-refractivity contribution in [3.05, 3.63) is 96.1 Å². The van der Waals surface area contributed by atoms with Crippen LogP contribution in [0.25, 0.3) is 33.1 Å². The van der Waals surface area contributed by atoms with Crippen molar-refractivity contribution in [2.24, 2.45) is 0 Å². The molecule has 1 amide bonds. The van der Waals surface area contributed by atoms with Gasteiger partial charge in [-0.15, -0.1) is 0 Å². The van der Waals surface area contributed by atoms with Crippen molar-refractivity contribution >= 4 is 55.6 Å². The number of fused-ring (bicyclic) bond motifs is 3. The fourth-order valence-electron chi connectivity index (χ4n) is 4.70. The van der Waals surface area contributed by atoms with Gasteiger partial charge in [0.05, 0.1) is 9.79 Å². The first-order chi connectivity index (χ1) is 21.2. The fourth-order valence-corrected chi connectivity index (χ4v) is 7.02. The van der Waals surface area contributed by atoms with Gasteiger partial charge in [-0.25, -0.2) is 26.8 Å². The number of carbonyl (C=O) groups is 2. The molecule has 2 N–H and O–H groups in total. The van der Waals surface area contributed by atoms with E-state index in [2.05, 4.69) is 5.32 Å². The quantitative estimate of drug-likeness (QED) is 0.167. The highest BCUT2D eigenvalue weighted by Gasteiger charge is 2.25. The topological polar surface area (TPSA) is 123 Å². The lowest BCUT2D eigenvalue weighted by Gasteiger charge is -2.21. The monoisotopic (exact) mass is 653 g/mol. The Hall–Kier alpha value is -4.42. The number of benzene rings is 4. The maximum Gasteiger partial charge on any atom is 0.408 e. The molecule has 0 aliphatic carbocycles. The number of ether oxygens (including phenoxy) is 1. The molecule has 0 radical (unpaired) electrons. The van der Waals surface area contributed by atoms with E-state index < -0.39 is 45.2 Å². The lowest BCUT2D eigenvalue weighted by Crippen LogP contribution is -2.44. The van der Waals surface area contributed by atoms with Gasteiger partial charge >= 0.3 is 12.1 Å². The summed E-state index contributed by atoms with van der Waals surface area (Å²) in [7, 11) is -4.29. The molecule has 4 aromatic carbocycles. The zero-order chi connectivity index (χ0) is 32.5. The first-order valence-electron chi connectivity index (χ1n) is 13.8. The van der Waals surface area contributed by atoms with Gasteiger partial charge in [0.15, 0.2) is 0 Å². The van der Waals surface area contributed by atoms with Crippen LogP contribution in [0.15, 0.2) is 93.1 Å². The number of amides is 1. The van der Waals surface area contributed by atoms with Crippen molar-refractivity contribution in [1.29, 1.82) is 0 Å². The molecule has 1 aromatic heterocycles. The first-order valence-corrected chi connectivity index (χ1v) is 16.4. The van der Waals surface area contributed by atoms with Gasteiger partial charge in [-0.2, -0.15) is 11.8 Å². The molecular weight excluding hydrogens is 624 g/mol. The average Bonchev–Trinajstić information content (AvgIpc) is 3.35. The van der Waals surface area contributed by atoms with E-state index in [0.717, 1.165) is 34.7 Å². The Kier molecular flexibility index (Phi) is 8.90. The Labute approximate surface area is 262 Å². The van der Waals surface area contributed by atoms with Gasteiger partial charge < -0.3 is 19.6 Å². The van der Waals surface area contributed by atoms with Crippen molar-refractivity contribution in [1.82, 2.24) is 5.32 Å². The molecule has 8 nitrogen and oxygen atoms in total. The summed E-state index contributed by atoms with van der Waals surface area (Å²) in [5.74, 6) is -3.00. The number of thioether (sulfide) groups is 1. The summed E-state index contributed by atoms with van der Waals surface area (Å²) < 4.78 is 68.2. The highest BCUT2D eigenvalue weighted by molar-refractivity contribution is 7.98. The van der Waals surface area contributed by atoms with Gasteiger partial charge in [-0.3, -0.25) is 0 Å². The molecule has 12 heteroatoms. The molecule has 0 saturated heterocycles. The van der Waals surface area contributed by atoms with Gasteiger partial charge in [0, 0.05) is 33.4 Å². The fraction of sp³-hybridized carbons (Fsp3) is 0.212. The lowest BCUT2D eigenvalue weighted by molar-refractivity contribution is -0.138. The van der Waals surface area contributed by atoms with Gasteiger partial charge in [-0.05, 0) is 62.7 Å². The second-order valence-corrected chi connectivity index (χ2v) is 14.2. The number of para-hydroxylation sites is 2. The van der Waals surface area contributed by atoms with Crippen LogP contribution >= 0.6 is 11.8 Å². The third-order valence-corrected chi connectivity index (χ3v) is 9.64. The van der Waals surface area contributed by atoms with E-state index >= 15 is 8.78 Å². The smallest absolute Gasteiger partial charge is 0.408 e. The molecule has 45 heavy (non-hydrogen) atoms. The summed E-state index contributed by atoms with van der Waals surface area (Å²) >= 11 is 1.03. The summed E-state index contributed by atoms with van der Waals surface area (Å²) in [6, 6.07) is 18.3. The number of sulfone groups is 1. The maximum atomic E-state index is 15.5. The van der Waals surface area contributed by atoms with Gasteiger partial charge in [0.2, 0.25) is 9.84 Å². The largest absolute Gasteiger partial charge is 0.480 e. The van der Waals surface area contributed by atoms with Crippen molar-refractivity contribution in [3.63, 3.8) is 0 Å². The van der Waals surface area contributed by atoms with Crippen molar-refractivity contribution < 1.29 is 41.0 Å². The molecule has 5 rings (SSSR count). The number of hydrogen-bond donors (Lipinski definition) is 2. The van der Waals surface area contributed by atoms with Crippen LogP contribution in [0.2, 0.25) is 0 Å². The number of carbonyl (C=O) groups excluding carboxylic acids is 1. The number of halogens is 2. The van der Waals surface area contributed by atoms with E-state index in [9.17, 15) is 23.1 Å². The molecule has 234 valence electrons. The van der Waals surface area contributed by atoms with Crippen LogP contribution < -0.4 is 5.32 Å². The minimum Gasteiger partial charge on any atom is -0.480 e. The molecule has 5 aromatic rings. The summed E-state index contributed by atoms with van der Waals surface area (Å²) in [5.41, 5.74) is 1.04. The van der Waals surface area contributed by atoms with Crippen LogP contribution in [0.1, 0.15) is 26.3 Å². The minimum atomic E-state index is -4.29. The molecule has 1 heterocycles. The number of nitrogens with one attached hydrogen (secondary N) is 1. The van der Waals surface area contributed by atoms with E-state index in [1.807, 2.05) is 30.3 Å². The van der Waals surface area contributed by atoms with Crippen LogP contribution in [0.5, 0.6) is 0 Å². The van der Waals surface area contributed by atoms with E-state index in [0.29, 0.717) is 16.7 Å². The number of hydrogen-bond acceptors (Lipinski definition) is 7. The number of carboxylic acids is 1. The Morgan fingerprint density at radius 2 is 1.58 bits per heavy atom. The van der Waals surface area contributed by atoms with Gasteiger partial charge in [-0.1, -0.05) is 42.5 Å². The average molecular weight is 654 g/mol. The molecule has 0 spiro atoms. The Morgan fingerprint density at radius 3 is 2.24 bits per heavy atom. The van der Waals surface area contributed by atoms with Crippen LogP contribution in [-0.4, -0.2) is 43.0 Å².